The maximum atomic E-state index is 11.2. The molecule has 2 N–H and O–H groups in total. The van der Waals surface area contributed by atoms with Crippen molar-refractivity contribution in [3.05, 3.63) is 58.3 Å². The molecule has 0 bridgehead atoms. The van der Waals surface area contributed by atoms with E-state index in [1.54, 1.807) is 30.4 Å². The Hall–Kier alpha value is -3.28. The van der Waals surface area contributed by atoms with Crippen molar-refractivity contribution in [3.63, 3.8) is 0 Å². The predicted octanol–water partition coefficient (Wildman–Crippen LogP) is 2.59. The molecule has 2 aromatic rings. The van der Waals surface area contributed by atoms with E-state index in [-0.39, 0.29) is 17.2 Å². The average Bonchev–Trinajstić information content (AvgIpc) is 2.69. The Labute approximate surface area is 158 Å². The summed E-state index contributed by atoms with van der Waals surface area (Å²) in [5.41, 5.74) is 1.98. The van der Waals surface area contributed by atoms with Gasteiger partial charge in [0.2, 0.25) is 0 Å². The van der Waals surface area contributed by atoms with Crippen molar-refractivity contribution in [1.82, 2.24) is 0 Å². The van der Waals surface area contributed by atoms with Crippen LogP contribution in [0.15, 0.2) is 48.2 Å². The van der Waals surface area contributed by atoms with Gasteiger partial charge in [0, 0.05) is 54.1 Å². The number of piperazine rings is 1. The van der Waals surface area contributed by atoms with E-state index in [0.717, 1.165) is 42.8 Å². The first-order chi connectivity index (χ1) is 13.1. The second-order valence-corrected chi connectivity index (χ2v) is 6.36. The van der Waals surface area contributed by atoms with E-state index < -0.39 is 0 Å². The lowest BCUT2D eigenvalue weighted by Gasteiger charge is -2.37. The third kappa shape index (κ3) is 3.65. The summed E-state index contributed by atoms with van der Waals surface area (Å²) in [6, 6.07) is 8.79. The highest BCUT2D eigenvalue weighted by Gasteiger charge is 2.20. The van der Waals surface area contributed by atoms with E-state index in [1.165, 1.54) is 0 Å². The predicted molar refractivity (Wildman–Crippen MR) is 110 cm³/mol. The van der Waals surface area contributed by atoms with Crippen molar-refractivity contribution in [2.75, 3.05) is 36.0 Å². The number of phenols is 2. The number of benzene rings is 2. The molecule has 1 heterocycles. The molecule has 0 aliphatic carbocycles. The first-order valence-electron chi connectivity index (χ1n) is 8.86. The Morgan fingerprint density at radius 3 is 2.22 bits per heavy atom. The summed E-state index contributed by atoms with van der Waals surface area (Å²) in [6.45, 7) is 8.71. The van der Waals surface area contributed by atoms with Crippen molar-refractivity contribution < 1.29 is 10.2 Å². The van der Waals surface area contributed by atoms with Gasteiger partial charge in [0.1, 0.15) is 11.5 Å². The van der Waals surface area contributed by atoms with Crippen LogP contribution in [0.4, 0.5) is 17.1 Å². The standard InChI is InChI=1S/C21H23N3O3/c1-3-5-18-17(4-2)21(22-27)20(26)14-19(18)24-12-10-23(11-13-24)15-6-8-16(25)9-7-15/h3-9,14,25-26H,1,10-13H2,2H3/b17-4+,18-5+. The third-order valence-corrected chi connectivity index (χ3v) is 4.84. The van der Waals surface area contributed by atoms with Gasteiger partial charge in [0.15, 0.2) is 5.69 Å². The highest BCUT2D eigenvalue weighted by Crippen LogP contribution is 2.26. The summed E-state index contributed by atoms with van der Waals surface area (Å²) in [5.74, 6) is 0.139. The molecule has 6 heteroatoms. The van der Waals surface area contributed by atoms with Gasteiger partial charge in [0.25, 0.3) is 0 Å². The van der Waals surface area contributed by atoms with Crippen LogP contribution in [0.3, 0.4) is 0 Å². The Kier molecular flexibility index (Phi) is 5.45. The first kappa shape index (κ1) is 18.5. The monoisotopic (exact) mass is 365 g/mol. The van der Waals surface area contributed by atoms with Gasteiger partial charge in [0.05, 0.1) is 0 Å². The molecule has 1 saturated heterocycles. The van der Waals surface area contributed by atoms with Crippen molar-refractivity contribution >= 4 is 29.2 Å². The molecular weight excluding hydrogens is 342 g/mol. The maximum Gasteiger partial charge on any atom is 0.157 e. The van der Waals surface area contributed by atoms with Crippen LogP contribution in [0.2, 0.25) is 0 Å². The normalized spacial score (nSPS) is 15.9. The van der Waals surface area contributed by atoms with E-state index >= 15 is 0 Å². The molecule has 6 nitrogen and oxygen atoms in total. The molecule has 1 aliphatic heterocycles. The number of phenolic OH excluding ortho intramolecular Hbond substituents is 2. The molecule has 2 aromatic carbocycles. The molecule has 0 saturated carbocycles. The lowest BCUT2D eigenvalue weighted by molar-refractivity contribution is 0.475. The van der Waals surface area contributed by atoms with Crippen LogP contribution in [0.5, 0.6) is 11.5 Å². The largest absolute Gasteiger partial charge is 0.508 e. The molecule has 0 unspecified atom stereocenters. The van der Waals surface area contributed by atoms with E-state index in [1.807, 2.05) is 25.1 Å². The van der Waals surface area contributed by atoms with E-state index in [4.69, 9.17) is 0 Å². The minimum Gasteiger partial charge on any atom is -0.508 e. The summed E-state index contributed by atoms with van der Waals surface area (Å²) in [6.07, 6.45) is 5.29. The van der Waals surface area contributed by atoms with Gasteiger partial charge >= 0.3 is 0 Å². The summed E-state index contributed by atoms with van der Waals surface area (Å²) in [4.78, 5) is 15.6. The lowest BCUT2D eigenvalue weighted by Crippen LogP contribution is -2.49. The third-order valence-electron chi connectivity index (χ3n) is 4.84. The average molecular weight is 365 g/mol. The van der Waals surface area contributed by atoms with Gasteiger partial charge in [-0.25, -0.2) is 0 Å². The van der Waals surface area contributed by atoms with Crippen molar-refractivity contribution in [2.45, 2.75) is 6.92 Å². The zero-order chi connectivity index (χ0) is 19.4. The minimum absolute atomic E-state index is 0.0529. The number of rotatable bonds is 4. The molecule has 0 spiro atoms. The molecule has 0 aromatic heterocycles. The number of nitrogens with zero attached hydrogens (tertiary/aromatic N) is 3. The molecule has 0 radical (unpaired) electrons. The first-order valence-corrected chi connectivity index (χ1v) is 8.86. The van der Waals surface area contributed by atoms with Crippen LogP contribution < -0.4 is 20.2 Å². The molecule has 1 fully saturated rings. The van der Waals surface area contributed by atoms with E-state index in [0.29, 0.717) is 5.22 Å². The topological polar surface area (TPSA) is 76.4 Å². The van der Waals surface area contributed by atoms with Crippen molar-refractivity contribution in [2.24, 2.45) is 5.18 Å². The molecule has 1 aliphatic rings. The lowest BCUT2D eigenvalue weighted by atomic mass is 10.1. The number of hydrogen-bond donors (Lipinski definition) is 2. The number of hydrogen-bond acceptors (Lipinski definition) is 6. The van der Waals surface area contributed by atoms with E-state index in [2.05, 4.69) is 21.6 Å². The Bertz CT molecular complexity index is 960. The smallest absolute Gasteiger partial charge is 0.157 e. The van der Waals surface area contributed by atoms with Gasteiger partial charge in [-0.3, -0.25) is 0 Å². The van der Waals surface area contributed by atoms with Crippen molar-refractivity contribution in [3.8, 4) is 11.5 Å². The fraction of sp³-hybridized carbons (Fsp3) is 0.238. The van der Waals surface area contributed by atoms with Gasteiger partial charge < -0.3 is 20.0 Å². The highest BCUT2D eigenvalue weighted by atomic mass is 16.3. The summed E-state index contributed by atoms with van der Waals surface area (Å²) < 4.78 is 0. The Balaban J connectivity index is 1.93. The number of allylic oxidation sites excluding steroid dienone is 1. The second-order valence-electron chi connectivity index (χ2n) is 6.36. The molecular formula is C21H23N3O3. The Morgan fingerprint density at radius 1 is 1.04 bits per heavy atom. The van der Waals surface area contributed by atoms with Crippen LogP contribution in [0, 0.1) is 4.91 Å². The Morgan fingerprint density at radius 2 is 1.67 bits per heavy atom. The molecule has 27 heavy (non-hydrogen) atoms. The van der Waals surface area contributed by atoms with Gasteiger partial charge in [-0.15, -0.1) is 4.91 Å². The van der Waals surface area contributed by atoms with Gasteiger partial charge in [-0.2, -0.15) is 0 Å². The van der Waals surface area contributed by atoms with Gasteiger partial charge in [-0.1, -0.05) is 24.8 Å². The highest BCUT2D eigenvalue weighted by molar-refractivity contribution is 5.67. The van der Waals surface area contributed by atoms with Crippen LogP contribution >= 0.6 is 0 Å². The van der Waals surface area contributed by atoms with E-state index in [9.17, 15) is 15.1 Å². The summed E-state index contributed by atoms with van der Waals surface area (Å²) in [5, 5.41) is 24.2. The quantitative estimate of drug-likeness (QED) is 0.815. The number of anilines is 2. The zero-order valence-corrected chi connectivity index (χ0v) is 15.3. The fourth-order valence-electron chi connectivity index (χ4n) is 3.49. The van der Waals surface area contributed by atoms with Crippen LogP contribution in [0.1, 0.15) is 6.92 Å². The number of nitroso groups, excluding NO2 is 1. The van der Waals surface area contributed by atoms with Gasteiger partial charge in [-0.05, 0) is 36.4 Å². The zero-order valence-electron chi connectivity index (χ0n) is 15.3. The summed E-state index contributed by atoms with van der Waals surface area (Å²) in [7, 11) is 0. The number of aromatic hydroxyl groups is 2. The molecule has 3 rings (SSSR count). The van der Waals surface area contributed by atoms with Crippen LogP contribution in [0.25, 0.3) is 12.2 Å². The molecule has 0 atom stereocenters. The second kappa shape index (κ2) is 7.95. The van der Waals surface area contributed by atoms with Crippen LogP contribution in [-0.2, 0) is 0 Å². The summed E-state index contributed by atoms with van der Waals surface area (Å²) >= 11 is 0. The molecule has 140 valence electrons. The minimum atomic E-state index is -0.115. The SMILES string of the molecule is C=C/C=c1/c(N2CCN(c3ccc(O)cc3)CC2)cc(O)c(N=O)/c1=C/C. The van der Waals surface area contributed by atoms with Crippen molar-refractivity contribution in [1.29, 1.82) is 0 Å². The fourth-order valence-corrected chi connectivity index (χ4v) is 3.49. The van der Waals surface area contributed by atoms with Crippen LogP contribution in [-0.4, -0.2) is 36.4 Å². The maximum absolute atomic E-state index is 11.2. The molecule has 0 amide bonds.